The summed E-state index contributed by atoms with van der Waals surface area (Å²) in [6, 6.07) is 0. The van der Waals surface area contributed by atoms with E-state index in [9.17, 15) is 0 Å². The van der Waals surface area contributed by atoms with Crippen molar-refractivity contribution in [3.8, 4) is 11.6 Å². The van der Waals surface area contributed by atoms with Gasteiger partial charge in [-0.05, 0) is 6.42 Å². The molecule has 2 aromatic rings. The Bertz CT molecular complexity index is 444. The Kier molecular flexibility index (Phi) is 2.88. The van der Waals surface area contributed by atoms with Crippen LogP contribution >= 0.6 is 23.2 Å². The average molecular weight is 243 g/mol. The minimum absolute atomic E-state index is 0.379. The van der Waals surface area contributed by atoms with E-state index in [-0.39, 0.29) is 0 Å². The lowest BCUT2D eigenvalue weighted by atomic mass is 10.3. The van der Waals surface area contributed by atoms with Gasteiger partial charge in [0.05, 0.1) is 0 Å². The van der Waals surface area contributed by atoms with Crippen LogP contribution < -0.4 is 0 Å². The zero-order valence-corrected chi connectivity index (χ0v) is 9.47. The van der Waals surface area contributed by atoms with E-state index in [1.54, 1.807) is 12.4 Å². The van der Waals surface area contributed by atoms with Gasteiger partial charge in [0, 0.05) is 18.0 Å². The summed E-state index contributed by atoms with van der Waals surface area (Å²) >= 11 is 11.9. The molecule has 6 heteroatoms. The van der Waals surface area contributed by atoms with E-state index in [1.807, 2.05) is 6.92 Å². The zero-order chi connectivity index (χ0) is 10.8. The summed E-state index contributed by atoms with van der Waals surface area (Å²) in [5.41, 5.74) is 0.758. The van der Waals surface area contributed by atoms with Crippen molar-refractivity contribution in [1.29, 1.82) is 0 Å². The number of hydrogen-bond donors (Lipinski definition) is 1. The van der Waals surface area contributed by atoms with E-state index < -0.39 is 0 Å². The van der Waals surface area contributed by atoms with Crippen LogP contribution in [0, 0.1) is 0 Å². The topological polar surface area (TPSA) is 54.5 Å². The molecule has 78 valence electrons. The fourth-order valence-corrected chi connectivity index (χ4v) is 1.87. The molecule has 0 atom stereocenters. The number of nitrogens with one attached hydrogen (secondary N) is 1. The highest BCUT2D eigenvalue weighted by Crippen LogP contribution is 2.24. The molecule has 0 aliphatic carbocycles. The predicted molar refractivity (Wildman–Crippen MR) is 59.0 cm³/mol. The first kappa shape index (κ1) is 10.4. The van der Waals surface area contributed by atoms with Gasteiger partial charge in [-0.3, -0.25) is 0 Å². The number of H-pyrrole nitrogens is 1. The molecule has 0 aliphatic rings. The molecule has 0 radical (unpaired) electrons. The molecule has 0 amide bonds. The Morgan fingerprint density at radius 3 is 2.40 bits per heavy atom. The van der Waals surface area contributed by atoms with Crippen LogP contribution in [0.25, 0.3) is 11.6 Å². The van der Waals surface area contributed by atoms with Crippen LogP contribution in [0.4, 0.5) is 0 Å². The number of imidazole rings is 1. The smallest absolute Gasteiger partial charge is 0.198 e. The standard InChI is InChI=1S/C9H8Cl2N4/c1-2-5-6(10)14-9(15-7(5)11)8-12-3-4-13-8/h3-4H,2H2,1H3,(H,12,13). The first-order chi connectivity index (χ1) is 7.22. The molecular formula is C9H8Cl2N4. The van der Waals surface area contributed by atoms with Crippen LogP contribution in [0.1, 0.15) is 12.5 Å². The van der Waals surface area contributed by atoms with Crippen molar-refractivity contribution in [1.82, 2.24) is 19.9 Å². The molecular weight excluding hydrogens is 235 g/mol. The van der Waals surface area contributed by atoms with Crippen molar-refractivity contribution < 1.29 is 0 Å². The molecule has 15 heavy (non-hydrogen) atoms. The first-order valence-corrected chi connectivity index (χ1v) is 5.19. The third-order valence-corrected chi connectivity index (χ3v) is 2.60. The predicted octanol–water partition coefficient (Wildman–Crippen LogP) is 2.74. The van der Waals surface area contributed by atoms with Gasteiger partial charge in [-0.1, -0.05) is 30.1 Å². The highest BCUT2D eigenvalue weighted by atomic mass is 35.5. The molecule has 0 aliphatic heterocycles. The number of nitrogens with zero attached hydrogens (tertiary/aromatic N) is 3. The van der Waals surface area contributed by atoms with E-state index in [1.165, 1.54) is 0 Å². The van der Waals surface area contributed by atoms with Crippen molar-refractivity contribution in [2.24, 2.45) is 0 Å². The molecule has 0 saturated carbocycles. The van der Waals surface area contributed by atoms with Crippen LogP contribution in [0.2, 0.25) is 10.3 Å². The van der Waals surface area contributed by atoms with Crippen LogP contribution in [-0.4, -0.2) is 19.9 Å². The molecule has 0 spiro atoms. The molecule has 2 heterocycles. The van der Waals surface area contributed by atoms with Gasteiger partial charge in [0.2, 0.25) is 0 Å². The molecule has 0 bridgehead atoms. The lowest BCUT2D eigenvalue weighted by Crippen LogP contribution is -1.97. The minimum Gasteiger partial charge on any atom is -0.342 e. The summed E-state index contributed by atoms with van der Waals surface area (Å²) in [7, 11) is 0. The maximum absolute atomic E-state index is 5.97. The molecule has 0 saturated heterocycles. The Hall–Kier alpha value is -1.13. The summed E-state index contributed by atoms with van der Waals surface area (Å²) in [4.78, 5) is 15.2. The van der Waals surface area contributed by atoms with Crippen LogP contribution in [0.15, 0.2) is 12.4 Å². The lowest BCUT2D eigenvalue weighted by molar-refractivity contribution is 1.04. The average Bonchev–Trinajstić information content (AvgIpc) is 2.69. The van der Waals surface area contributed by atoms with Gasteiger partial charge in [-0.15, -0.1) is 0 Å². The largest absolute Gasteiger partial charge is 0.342 e. The van der Waals surface area contributed by atoms with E-state index in [2.05, 4.69) is 19.9 Å². The van der Waals surface area contributed by atoms with Gasteiger partial charge in [-0.25, -0.2) is 15.0 Å². The number of aromatic amines is 1. The van der Waals surface area contributed by atoms with E-state index in [4.69, 9.17) is 23.2 Å². The second-order valence-corrected chi connectivity index (χ2v) is 3.61. The fourth-order valence-electron chi connectivity index (χ4n) is 1.22. The lowest BCUT2D eigenvalue weighted by Gasteiger charge is -2.04. The quantitative estimate of drug-likeness (QED) is 0.825. The van der Waals surface area contributed by atoms with E-state index in [0.717, 1.165) is 5.56 Å². The van der Waals surface area contributed by atoms with Crippen LogP contribution in [0.5, 0.6) is 0 Å². The molecule has 0 aromatic carbocycles. The Morgan fingerprint density at radius 2 is 1.93 bits per heavy atom. The second-order valence-electron chi connectivity index (χ2n) is 2.90. The summed E-state index contributed by atoms with van der Waals surface area (Å²) in [6.45, 7) is 1.95. The first-order valence-electron chi connectivity index (χ1n) is 4.44. The SMILES string of the molecule is CCc1c(Cl)nc(-c2ncc[nH]2)nc1Cl. The van der Waals surface area contributed by atoms with Crippen molar-refractivity contribution in [3.63, 3.8) is 0 Å². The third-order valence-electron chi connectivity index (χ3n) is 1.97. The number of rotatable bonds is 2. The minimum atomic E-state index is 0.379. The van der Waals surface area contributed by atoms with Gasteiger partial charge in [0.15, 0.2) is 11.6 Å². The van der Waals surface area contributed by atoms with Gasteiger partial charge >= 0.3 is 0 Å². The Morgan fingerprint density at radius 1 is 1.27 bits per heavy atom. The number of halogens is 2. The Balaban J connectivity index is 2.53. The molecule has 1 N–H and O–H groups in total. The van der Waals surface area contributed by atoms with Gasteiger partial charge in [0.25, 0.3) is 0 Å². The summed E-state index contributed by atoms with van der Waals surface area (Å²) in [5.74, 6) is 0.966. The molecule has 0 fully saturated rings. The fraction of sp³-hybridized carbons (Fsp3) is 0.222. The van der Waals surface area contributed by atoms with Crippen molar-refractivity contribution in [2.75, 3.05) is 0 Å². The maximum atomic E-state index is 5.97. The van der Waals surface area contributed by atoms with Gasteiger partial charge < -0.3 is 4.98 Å². The summed E-state index contributed by atoms with van der Waals surface area (Å²) in [5, 5.41) is 0.757. The monoisotopic (exact) mass is 242 g/mol. The molecule has 4 nitrogen and oxygen atoms in total. The maximum Gasteiger partial charge on any atom is 0.198 e. The number of aromatic nitrogens is 4. The second kappa shape index (κ2) is 4.16. The Labute approximate surface area is 96.7 Å². The summed E-state index contributed by atoms with van der Waals surface area (Å²) < 4.78 is 0. The van der Waals surface area contributed by atoms with Crippen molar-refractivity contribution >= 4 is 23.2 Å². The highest BCUT2D eigenvalue weighted by Gasteiger charge is 2.12. The van der Waals surface area contributed by atoms with Crippen molar-refractivity contribution in [2.45, 2.75) is 13.3 Å². The highest BCUT2D eigenvalue weighted by molar-refractivity contribution is 6.34. The molecule has 2 rings (SSSR count). The van der Waals surface area contributed by atoms with Crippen molar-refractivity contribution in [3.05, 3.63) is 28.3 Å². The normalized spacial score (nSPS) is 10.6. The van der Waals surface area contributed by atoms with Crippen LogP contribution in [0.3, 0.4) is 0 Å². The zero-order valence-electron chi connectivity index (χ0n) is 7.96. The van der Waals surface area contributed by atoms with E-state index in [0.29, 0.717) is 28.4 Å². The van der Waals surface area contributed by atoms with Crippen LogP contribution in [-0.2, 0) is 6.42 Å². The third kappa shape index (κ3) is 1.96. The molecule has 0 unspecified atom stereocenters. The van der Waals surface area contributed by atoms with Gasteiger partial charge in [0.1, 0.15) is 10.3 Å². The van der Waals surface area contributed by atoms with E-state index >= 15 is 0 Å². The summed E-state index contributed by atoms with van der Waals surface area (Å²) in [6.07, 6.45) is 4.01. The van der Waals surface area contributed by atoms with Gasteiger partial charge in [-0.2, -0.15) is 0 Å². The molecule has 2 aromatic heterocycles. The number of hydrogen-bond acceptors (Lipinski definition) is 3.